The standard InChI is InChI=1S/C21H36N6O4SSi/c1-6-32(29,30)27-10-7-16(2)17(14-27)21(28)25-24-19-13-22-20-18(23-19)8-9-26(20)15-31-11-12-33(3,4)5/h8-9,13,16-17H,6-7,10-12,14-15H2,1-5H3,(H,23,24)(H,25,28)/t16-,17-/m0/s1. The fraction of sp³-hybridized carbons (Fsp3) is 0.667. The second-order valence-corrected chi connectivity index (χ2v) is 17.7. The van der Waals surface area contributed by atoms with Gasteiger partial charge in [0, 0.05) is 34.0 Å². The van der Waals surface area contributed by atoms with Gasteiger partial charge in [0.1, 0.15) is 12.2 Å². The number of rotatable bonds is 10. The molecular formula is C21H36N6O4SSi. The highest BCUT2D eigenvalue weighted by Crippen LogP contribution is 2.25. The maximum atomic E-state index is 12.8. The van der Waals surface area contributed by atoms with Crippen LogP contribution < -0.4 is 10.9 Å². The number of aromatic nitrogens is 3. The van der Waals surface area contributed by atoms with Crippen molar-refractivity contribution in [2.45, 2.75) is 52.7 Å². The highest BCUT2D eigenvalue weighted by molar-refractivity contribution is 7.89. The molecule has 3 heterocycles. The first kappa shape index (κ1) is 25.6. The molecule has 1 aliphatic rings. The number of anilines is 1. The van der Waals surface area contributed by atoms with Crippen LogP contribution in [0.1, 0.15) is 20.3 Å². The van der Waals surface area contributed by atoms with Gasteiger partial charge in [-0.1, -0.05) is 26.6 Å². The van der Waals surface area contributed by atoms with Gasteiger partial charge in [0.05, 0.1) is 17.9 Å². The summed E-state index contributed by atoms with van der Waals surface area (Å²) in [7, 11) is -4.45. The van der Waals surface area contributed by atoms with Gasteiger partial charge >= 0.3 is 0 Å². The molecule has 0 aliphatic carbocycles. The van der Waals surface area contributed by atoms with Crippen LogP contribution in [0.4, 0.5) is 5.82 Å². The lowest BCUT2D eigenvalue weighted by Crippen LogP contribution is -2.50. The lowest BCUT2D eigenvalue weighted by atomic mass is 9.87. The molecule has 33 heavy (non-hydrogen) atoms. The van der Waals surface area contributed by atoms with Gasteiger partial charge in [-0.05, 0) is 31.4 Å². The summed E-state index contributed by atoms with van der Waals surface area (Å²) in [5, 5.41) is 0. The molecule has 1 amide bonds. The van der Waals surface area contributed by atoms with E-state index in [2.05, 4.69) is 40.5 Å². The number of ether oxygens (including phenoxy) is 1. The zero-order chi connectivity index (χ0) is 24.2. The summed E-state index contributed by atoms with van der Waals surface area (Å²) in [6.45, 7) is 12.3. The third-order valence-electron chi connectivity index (χ3n) is 6.02. The third kappa shape index (κ3) is 6.75. The van der Waals surface area contributed by atoms with Crippen LogP contribution in [0.3, 0.4) is 0 Å². The average Bonchev–Trinajstić information content (AvgIpc) is 3.16. The SMILES string of the molecule is CCS(=O)(=O)N1CC[C@H](C)[C@@H](C(=O)NNc2cnc3c(ccn3COCC[Si](C)(C)C)n2)C1. The molecule has 0 spiro atoms. The van der Waals surface area contributed by atoms with Crippen molar-refractivity contribution in [1.82, 2.24) is 24.3 Å². The molecule has 2 aromatic heterocycles. The number of hydrogen-bond donors (Lipinski definition) is 2. The van der Waals surface area contributed by atoms with Gasteiger partial charge in [-0.25, -0.2) is 22.7 Å². The zero-order valence-corrected chi connectivity index (χ0v) is 22.0. The van der Waals surface area contributed by atoms with Gasteiger partial charge in [0.2, 0.25) is 15.9 Å². The predicted molar refractivity (Wildman–Crippen MR) is 132 cm³/mol. The zero-order valence-electron chi connectivity index (χ0n) is 20.2. The van der Waals surface area contributed by atoms with Gasteiger partial charge < -0.3 is 9.30 Å². The van der Waals surface area contributed by atoms with E-state index in [4.69, 9.17) is 4.74 Å². The van der Waals surface area contributed by atoms with Crippen LogP contribution in [0.15, 0.2) is 18.5 Å². The number of hydrazine groups is 1. The van der Waals surface area contributed by atoms with Crippen LogP contribution in [-0.4, -0.2) is 66.7 Å². The lowest BCUT2D eigenvalue weighted by Gasteiger charge is -2.35. The minimum absolute atomic E-state index is 0.0343. The topological polar surface area (TPSA) is 118 Å². The van der Waals surface area contributed by atoms with Crippen molar-refractivity contribution >= 4 is 41.0 Å². The van der Waals surface area contributed by atoms with Crippen LogP contribution in [-0.2, 0) is 26.3 Å². The minimum atomic E-state index is -3.32. The van der Waals surface area contributed by atoms with E-state index in [-0.39, 0.29) is 24.1 Å². The number of amides is 1. The Kier molecular flexibility index (Phi) is 8.14. The number of carbonyl (C=O) groups is 1. The summed E-state index contributed by atoms with van der Waals surface area (Å²) in [6.07, 6.45) is 4.09. The van der Waals surface area contributed by atoms with Crippen molar-refractivity contribution < 1.29 is 17.9 Å². The Balaban J connectivity index is 1.57. The molecule has 0 bridgehead atoms. The summed E-state index contributed by atoms with van der Waals surface area (Å²) in [4.78, 5) is 21.7. The van der Waals surface area contributed by atoms with Gasteiger partial charge in [-0.2, -0.15) is 0 Å². The van der Waals surface area contributed by atoms with Gasteiger partial charge in [-0.15, -0.1) is 0 Å². The maximum absolute atomic E-state index is 12.8. The van der Waals surface area contributed by atoms with Gasteiger partial charge in [0.25, 0.3) is 0 Å². The molecule has 184 valence electrons. The van der Waals surface area contributed by atoms with Crippen LogP contribution in [0.25, 0.3) is 11.2 Å². The smallest absolute Gasteiger partial charge is 0.243 e. The fourth-order valence-corrected chi connectivity index (χ4v) is 5.59. The number of fused-ring (bicyclic) bond motifs is 1. The molecule has 2 aromatic rings. The van der Waals surface area contributed by atoms with E-state index < -0.39 is 24.0 Å². The first-order chi connectivity index (χ1) is 15.5. The van der Waals surface area contributed by atoms with Crippen LogP contribution >= 0.6 is 0 Å². The second-order valence-electron chi connectivity index (χ2n) is 9.84. The van der Waals surface area contributed by atoms with Crippen LogP contribution in [0.5, 0.6) is 0 Å². The van der Waals surface area contributed by atoms with E-state index in [0.29, 0.717) is 36.7 Å². The molecule has 0 saturated carbocycles. The first-order valence-corrected chi connectivity index (χ1v) is 16.7. The second kappa shape index (κ2) is 10.5. The van der Waals surface area contributed by atoms with Crippen molar-refractivity contribution in [2.24, 2.45) is 11.8 Å². The minimum Gasteiger partial charge on any atom is -0.361 e. The highest BCUT2D eigenvalue weighted by Gasteiger charge is 2.35. The summed E-state index contributed by atoms with van der Waals surface area (Å²) in [6, 6.07) is 2.96. The van der Waals surface area contributed by atoms with Gasteiger partial charge in [0.15, 0.2) is 11.5 Å². The molecule has 2 N–H and O–H groups in total. The monoisotopic (exact) mass is 496 g/mol. The van der Waals surface area contributed by atoms with E-state index in [1.807, 2.05) is 23.8 Å². The quantitative estimate of drug-likeness (QED) is 0.295. The number of sulfonamides is 1. The van der Waals surface area contributed by atoms with E-state index in [9.17, 15) is 13.2 Å². The Labute approximate surface area is 197 Å². The molecular weight excluding hydrogens is 460 g/mol. The molecule has 3 rings (SSSR count). The third-order valence-corrected chi connectivity index (χ3v) is 9.57. The number of hydrogen-bond acceptors (Lipinski definition) is 7. The molecule has 12 heteroatoms. The molecule has 0 radical (unpaired) electrons. The molecule has 1 fully saturated rings. The number of nitrogens with zero attached hydrogens (tertiary/aromatic N) is 4. The Hall–Kier alpha value is -2.02. The molecule has 1 saturated heterocycles. The van der Waals surface area contributed by atoms with E-state index in [1.54, 1.807) is 13.1 Å². The summed E-state index contributed by atoms with van der Waals surface area (Å²) in [5.74, 6) is -0.159. The van der Waals surface area contributed by atoms with Gasteiger partial charge in [-0.3, -0.25) is 15.6 Å². The van der Waals surface area contributed by atoms with Crippen molar-refractivity contribution in [2.75, 3.05) is 30.9 Å². The van der Waals surface area contributed by atoms with Crippen molar-refractivity contribution in [3.63, 3.8) is 0 Å². The molecule has 10 nitrogen and oxygen atoms in total. The Morgan fingerprint density at radius 3 is 2.79 bits per heavy atom. The van der Waals surface area contributed by atoms with Crippen molar-refractivity contribution in [1.29, 1.82) is 0 Å². The average molecular weight is 497 g/mol. The fourth-order valence-electron chi connectivity index (χ4n) is 3.70. The maximum Gasteiger partial charge on any atom is 0.243 e. The van der Waals surface area contributed by atoms with Crippen molar-refractivity contribution in [3.8, 4) is 0 Å². The molecule has 1 aliphatic heterocycles. The lowest BCUT2D eigenvalue weighted by molar-refractivity contribution is -0.127. The summed E-state index contributed by atoms with van der Waals surface area (Å²) >= 11 is 0. The van der Waals surface area contributed by atoms with E-state index in [0.717, 1.165) is 12.7 Å². The number of piperidine rings is 1. The largest absolute Gasteiger partial charge is 0.361 e. The molecule has 2 atom stereocenters. The summed E-state index contributed by atoms with van der Waals surface area (Å²) in [5.41, 5.74) is 6.90. The Morgan fingerprint density at radius 1 is 1.33 bits per heavy atom. The first-order valence-electron chi connectivity index (χ1n) is 11.4. The van der Waals surface area contributed by atoms with Crippen LogP contribution in [0, 0.1) is 11.8 Å². The molecule has 0 aromatic carbocycles. The number of nitrogens with one attached hydrogen (secondary N) is 2. The highest BCUT2D eigenvalue weighted by atomic mass is 32.2. The van der Waals surface area contributed by atoms with E-state index >= 15 is 0 Å². The van der Waals surface area contributed by atoms with Crippen LogP contribution in [0.2, 0.25) is 25.7 Å². The Bertz CT molecular complexity index is 1070. The van der Waals surface area contributed by atoms with E-state index in [1.165, 1.54) is 4.31 Å². The number of carbonyl (C=O) groups excluding carboxylic acids is 1. The molecule has 0 unspecified atom stereocenters. The Morgan fingerprint density at radius 2 is 2.09 bits per heavy atom. The van der Waals surface area contributed by atoms with Crippen molar-refractivity contribution in [3.05, 3.63) is 18.5 Å². The summed E-state index contributed by atoms with van der Waals surface area (Å²) < 4.78 is 33.5. The normalized spacial score (nSPS) is 20.2. The predicted octanol–water partition coefficient (Wildman–Crippen LogP) is 2.49.